The summed E-state index contributed by atoms with van der Waals surface area (Å²) in [6.45, 7) is 0. The molecule has 0 fully saturated rings. The highest BCUT2D eigenvalue weighted by atomic mass is 16.5. The highest BCUT2D eigenvalue weighted by Gasteiger charge is 2.22. The van der Waals surface area contributed by atoms with E-state index in [-0.39, 0.29) is 11.1 Å². The molecule has 7 nitrogen and oxygen atoms in total. The number of pyridine rings is 2. The normalized spacial score (nSPS) is 10.7. The standard InChI is InChI=1S/C13H10N4O3/c1-20-13(19)10-7-17(8-2-4-14-5-3-8)6-9-11(10)15-16-12(9)18/h2-7H,1H3,(H,16,18). The van der Waals surface area contributed by atoms with E-state index in [1.807, 2.05) is 0 Å². The predicted octanol–water partition coefficient (Wildman–Crippen LogP) is 0.847. The molecule has 0 spiro atoms. The van der Waals surface area contributed by atoms with Crippen molar-refractivity contribution in [2.24, 2.45) is 0 Å². The van der Waals surface area contributed by atoms with Gasteiger partial charge in [-0.05, 0) is 12.1 Å². The smallest absolute Gasteiger partial charge is 0.341 e. The quantitative estimate of drug-likeness (QED) is 0.697. The number of aromatic amines is 1. The number of rotatable bonds is 2. The molecule has 3 rings (SSSR count). The maximum absolute atomic E-state index is 11.8. The van der Waals surface area contributed by atoms with Crippen LogP contribution < -0.4 is 5.56 Å². The Morgan fingerprint density at radius 2 is 2.05 bits per heavy atom. The second-order valence-corrected chi connectivity index (χ2v) is 4.09. The van der Waals surface area contributed by atoms with Crippen LogP contribution in [0.4, 0.5) is 0 Å². The van der Waals surface area contributed by atoms with Gasteiger partial charge in [-0.1, -0.05) is 0 Å². The minimum absolute atomic E-state index is 0.222. The van der Waals surface area contributed by atoms with Gasteiger partial charge in [0, 0.05) is 30.5 Å². The molecule has 0 saturated carbocycles. The lowest BCUT2D eigenvalue weighted by atomic mass is 10.1. The van der Waals surface area contributed by atoms with Crippen molar-refractivity contribution in [3.05, 3.63) is 52.8 Å². The first-order chi connectivity index (χ1) is 9.70. The number of carbonyl (C=O) groups excluding carboxylic acids is 1. The third-order valence-electron chi connectivity index (χ3n) is 2.93. The molecule has 0 radical (unpaired) electrons. The van der Waals surface area contributed by atoms with Crippen LogP contribution >= 0.6 is 0 Å². The molecule has 0 aliphatic carbocycles. The van der Waals surface area contributed by atoms with Gasteiger partial charge in [0.2, 0.25) is 0 Å². The molecular weight excluding hydrogens is 260 g/mol. The van der Waals surface area contributed by atoms with Crippen molar-refractivity contribution in [2.45, 2.75) is 0 Å². The fourth-order valence-electron chi connectivity index (χ4n) is 1.96. The minimum Gasteiger partial charge on any atom is -0.465 e. The number of fused-ring (bicyclic) bond motifs is 1. The van der Waals surface area contributed by atoms with Gasteiger partial charge in [0.25, 0.3) is 5.56 Å². The van der Waals surface area contributed by atoms with Gasteiger partial charge in [-0.25, -0.2) is 9.89 Å². The number of hydrogen-bond donors (Lipinski definition) is 1. The first-order valence-corrected chi connectivity index (χ1v) is 5.80. The number of esters is 1. The van der Waals surface area contributed by atoms with Crippen LogP contribution in [0, 0.1) is 0 Å². The average molecular weight is 270 g/mol. The van der Waals surface area contributed by atoms with E-state index in [0.29, 0.717) is 11.3 Å². The molecule has 7 heteroatoms. The fourth-order valence-corrected chi connectivity index (χ4v) is 1.96. The molecule has 0 amide bonds. The van der Waals surface area contributed by atoms with Crippen molar-refractivity contribution in [2.75, 3.05) is 7.11 Å². The van der Waals surface area contributed by atoms with E-state index < -0.39 is 5.97 Å². The minimum atomic E-state index is -0.551. The van der Waals surface area contributed by atoms with Crippen molar-refractivity contribution in [1.29, 1.82) is 0 Å². The van der Waals surface area contributed by atoms with Crippen molar-refractivity contribution in [3.8, 4) is 16.9 Å². The van der Waals surface area contributed by atoms with Gasteiger partial charge >= 0.3 is 5.97 Å². The molecule has 0 saturated heterocycles. The van der Waals surface area contributed by atoms with E-state index in [1.165, 1.54) is 7.11 Å². The summed E-state index contributed by atoms with van der Waals surface area (Å²) in [5.41, 5.74) is 1.26. The predicted molar refractivity (Wildman–Crippen MR) is 69.9 cm³/mol. The van der Waals surface area contributed by atoms with E-state index in [2.05, 4.69) is 15.2 Å². The highest BCUT2D eigenvalue weighted by Crippen LogP contribution is 2.22. The maximum atomic E-state index is 11.8. The molecule has 0 bridgehead atoms. The van der Waals surface area contributed by atoms with Crippen LogP contribution in [0.2, 0.25) is 0 Å². The first-order valence-electron chi connectivity index (χ1n) is 5.80. The van der Waals surface area contributed by atoms with Crippen LogP contribution in [0.5, 0.6) is 0 Å². The number of aromatic nitrogens is 4. The third kappa shape index (κ3) is 1.85. The van der Waals surface area contributed by atoms with Gasteiger partial charge in [0.1, 0.15) is 11.3 Å². The van der Waals surface area contributed by atoms with Gasteiger partial charge in [0.05, 0.1) is 12.7 Å². The Morgan fingerprint density at radius 3 is 2.75 bits per heavy atom. The molecule has 2 aliphatic heterocycles. The maximum Gasteiger partial charge on any atom is 0.341 e. The van der Waals surface area contributed by atoms with Crippen LogP contribution in [-0.4, -0.2) is 32.8 Å². The number of nitrogens with zero attached hydrogens (tertiary/aromatic N) is 3. The van der Waals surface area contributed by atoms with Crippen LogP contribution in [0.15, 0.2) is 41.7 Å². The van der Waals surface area contributed by atoms with Crippen molar-refractivity contribution in [1.82, 2.24) is 19.7 Å². The second kappa shape index (κ2) is 4.61. The number of H-pyrrole nitrogens is 1. The van der Waals surface area contributed by atoms with E-state index in [1.54, 1.807) is 41.5 Å². The summed E-state index contributed by atoms with van der Waals surface area (Å²) in [6.07, 6.45) is 6.43. The third-order valence-corrected chi connectivity index (χ3v) is 2.93. The van der Waals surface area contributed by atoms with Gasteiger partial charge in [-0.3, -0.25) is 9.78 Å². The molecule has 2 aliphatic rings. The molecule has 20 heavy (non-hydrogen) atoms. The summed E-state index contributed by atoms with van der Waals surface area (Å²) in [7, 11) is 1.28. The number of carbonyl (C=O) groups is 1. The number of hydrogen-bond acceptors (Lipinski definition) is 5. The monoisotopic (exact) mass is 270 g/mol. The zero-order valence-corrected chi connectivity index (χ0v) is 10.5. The second-order valence-electron chi connectivity index (χ2n) is 4.09. The molecule has 1 aromatic heterocycles. The molecule has 1 N–H and O–H groups in total. The Morgan fingerprint density at radius 1 is 1.30 bits per heavy atom. The molecule has 0 aromatic carbocycles. The first kappa shape index (κ1) is 12.1. The lowest BCUT2D eigenvalue weighted by Gasteiger charge is -2.11. The van der Waals surface area contributed by atoms with Crippen molar-refractivity contribution < 1.29 is 9.53 Å². The summed E-state index contributed by atoms with van der Waals surface area (Å²) in [6, 6.07) is 3.52. The topological polar surface area (TPSA) is 89.9 Å². The van der Waals surface area contributed by atoms with Gasteiger partial charge < -0.3 is 9.30 Å². The lowest BCUT2D eigenvalue weighted by Crippen LogP contribution is -2.11. The zero-order valence-electron chi connectivity index (χ0n) is 10.5. The van der Waals surface area contributed by atoms with E-state index >= 15 is 0 Å². The SMILES string of the molecule is COC(=O)c1cn(-c2ccncc2)cc2c(=O)[nH]nc1-2. The molecule has 3 heterocycles. The van der Waals surface area contributed by atoms with E-state index in [4.69, 9.17) is 4.74 Å². The molecule has 100 valence electrons. The Hall–Kier alpha value is -2.96. The molecule has 1 aromatic rings. The molecule has 0 atom stereocenters. The summed E-state index contributed by atoms with van der Waals surface area (Å²) in [4.78, 5) is 27.5. The van der Waals surface area contributed by atoms with Crippen molar-refractivity contribution >= 4 is 5.97 Å². The summed E-state index contributed by atoms with van der Waals surface area (Å²) in [5.74, 6) is -0.551. The highest BCUT2D eigenvalue weighted by molar-refractivity contribution is 5.96. The largest absolute Gasteiger partial charge is 0.465 e. The summed E-state index contributed by atoms with van der Waals surface area (Å²) < 4.78 is 6.38. The van der Waals surface area contributed by atoms with Crippen molar-refractivity contribution in [3.63, 3.8) is 0 Å². The summed E-state index contributed by atoms with van der Waals surface area (Å²) in [5, 5.41) is 6.19. The van der Waals surface area contributed by atoms with E-state index in [0.717, 1.165) is 5.69 Å². The van der Waals surface area contributed by atoms with Gasteiger partial charge in [-0.2, -0.15) is 5.10 Å². The van der Waals surface area contributed by atoms with Crippen LogP contribution in [0.3, 0.4) is 0 Å². The Bertz CT molecular complexity index is 791. The van der Waals surface area contributed by atoms with Crippen LogP contribution in [0.1, 0.15) is 10.4 Å². The fraction of sp³-hybridized carbons (Fsp3) is 0.0769. The zero-order chi connectivity index (χ0) is 14.1. The lowest BCUT2D eigenvalue weighted by molar-refractivity contribution is 0.0600. The number of ether oxygens (including phenoxy) is 1. The van der Waals surface area contributed by atoms with Crippen LogP contribution in [0.25, 0.3) is 16.9 Å². The average Bonchev–Trinajstić information content (AvgIpc) is 2.88. The number of nitrogens with one attached hydrogen (secondary N) is 1. The van der Waals surface area contributed by atoms with Crippen LogP contribution in [-0.2, 0) is 4.74 Å². The summed E-state index contributed by atoms with van der Waals surface area (Å²) >= 11 is 0. The van der Waals surface area contributed by atoms with Gasteiger partial charge in [-0.15, -0.1) is 0 Å². The Labute approximate surface area is 113 Å². The number of methoxy groups -OCH3 is 1. The Kier molecular flexibility index (Phi) is 2.79. The molecule has 0 unspecified atom stereocenters. The van der Waals surface area contributed by atoms with Gasteiger partial charge in [0.15, 0.2) is 0 Å². The Balaban J connectivity index is 2.29. The molecular formula is C13H10N4O3. The van der Waals surface area contributed by atoms with E-state index in [9.17, 15) is 9.59 Å².